The number of hydrogen-bond acceptors (Lipinski definition) is 5. The van der Waals surface area contributed by atoms with E-state index in [1.54, 1.807) is 10.9 Å². The first-order chi connectivity index (χ1) is 18.7. The van der Waals surface area contributed by atoms with Crippen molar-refractivity contribution in [3.05, 3.63) is 108 Å². The second-order valence-corrected chi connectivity index (χ2v) is 10.1. The third-order valence-electron chi connectivity index (χ3n) is 7.26. The normalized spacial score (nSPS) is 13.9. The molecule has 4 heterocycles. The quantitative estimate of drug-likeness (QED) is 0.248. The predicted octanol–water partition coefficient (Wildman–Crippen LogP) is 5.09. The van der Waals surface area contributed by atoms with Crippen LogP contribution in [0, 0.1) is 0 Å². The standard InChI is InChI=1S/C31H32N6O/c38-29(26-9-2-1-3-10-26)23-36-22-27(21-32-36)28-11-6-12-31-33-30(34-37(28)31)20-25-15-13-24(14-16-25)8-7-19-35-17-4-5-18-35/h1-3,6,9-16,21-22H,4-5,7-8,17-20,23H2. The topological polar surface area (TPSA) is 68.3 Å². The summed E-state index contributed by atoms with van der Waals surface area (Å²) in [6, 6.07) is 24.1. The van der Waals surface area contributed by atoms with Crippen LogP contribution >= 0.6 is 0 Å². The van der Waals surface area contributed by atoms with E-state index in [0.717, 1.165) is 29.1 Å². The molecule has 5 aromatic rings. The molecule has 0 N–H and O–H groups in total. The number of hydrogen-bond donors (Lipinski definition) is 0. The molecule has 3 aromatic heterocycles. The fourth-order valence-electron chi connectivity index (χ4n) is 5.21. The molecule has 192 valence electrons. The molecule has 7 nitrogen and oxygen atoms in total. The first-order valence-electron chi connectivity index (χ1n) is 13.5. The van der Waals surface area contributed by atoms with E-state index in [2.05, 4.69) is 34.3 Å². The molecular formula is C31H32N6O. The van der Waals surface area contributed by atoms with Crippen molar-refractivity contribution in [3.63, 3.8) is 0 Å². The van der Waals surface area contributed by atoms with Gasteiger partial charge in [-0.3, -0.25) is 9.48 Å². The van der Waals surface area contributed by atoms with Crippen LogP contribution in [0.3, 0.4) is 0 Å². The van der Waals surface area contributed by atoms with Crippen molar-refractivity contribution in [2.45, 2.75) is 38.6 Å². The van der Waals surface area contributed by atoms with Crippen molar-refractivity contribution < 1.29 is 4.79 Å². The van der Waals surface area contributed by atoms with Gasteiger partial charge in [0.1, 0.15) is 6.54 Å². The van der Waals surface area contributed by atoms with Crippen LogP contribution in [0.5, 0.6) is 0 Å². The molecule has 0 bridgehead atoms. The molecule has 0 spiro atoms. The van der Waals surface area contributed by atoms with E-state index in [1.807, 2.05) is 59.2 Å². The molecule has 0 saturated carbocycles. The molecule has 0 amide bonds. The zero-order chi connectivity index (χ0) is 25.7. The van der Waals surface area contributed by atoms with Gasteiger partial charge in [-0.2, -0.15) is 10.2 Å². The summed E-state index contributed by atoms with van der Waals surface area (Å²) in [6.45, 7) is 3.93. The minimum Gasteiger partial charge on any atom is -0.303 e. The van der Waals surface area contributed by atoms with E-state index in [4.69, 9.17) is 10.1 Å². The minimum atomic E-state index is 0.0270. The van der Waals surface area contributed by atoms with E-state index in [0.29, 0.717) is 12.0 Å². The van der Waals surface area contributed by atoms with Crippen molar-refractivity contribution in [2.75, 3.05) is 19.6 Å². The molecule has 1 fully saturated rings. The summed E-state index contributed by atoms with van der Waals surface area (Å²) >= 11 is 0. The zero-order valence-corrected chi connectivity index (χ0v) is 21.5. The lowest BCUT2D eigenvalue weighted by Crippen LogP contribution is -2.20. The third-order valence-corrected chi connectivity index (χ3v) is 7.26. The lowest BCUT2D eigenvalue weighted by atomic mass is 10.1. The van der Waals surface area contributed by atoms with Crippen LogP contribution in [0.2, 0.25) is 0 Å². The van der Waals surface area contributed by atoms with E-state index in [9.17, 15) is 4.79 Å². The Bertz CT molecular complexity index is 1510. The van der Waals surface area contributed by atoms with Gasteiger partial charge >= 0.3 is 0 Å². The van der Waals surface area contributed by atoms with Gasteiger partial charge in [0, 0.05) is 23.7 Å². The smallest absolute Gasteiger partial charge is 0.184 e. The molecule has 7 heteroatoms. The molecule has 0 radical (unpaired) electrons. The lowest BCUT2D eigenvalue weighted by Gasteiger charge is -2.13. The summed E-state index contributed by atoms with van der Waals surface area (Å²) in [5.74, 6) is 0.810. The molecule has 38 heavy (non-hydrogen) atoms. The number of fused-ring (bicyclic) bond motifs is 1. The second kappa shape index (κ2) is 11.1. The van der Waals surface area contributed by atoms with Gasteiger partial charge in [0.25, 0.3) is 0 Å². The van der Waals surface area contributed by atoms with Crippen molar-refractivity contribution in [3.8, 4) is 11.3 Å². The fourth-order valence-corrected chi connectivity index (χ4v) is 5.21. The van der Waals surface area contributed by atoms with E-state index < -0.39 is 0 Å². The largest absolute Gasteiger partial charge is 0.303 e. The number of Topliss-reactive ketones (excluding diaryl/α,β-unsaturated/α-hetero) is 1. The Morgan fingerprint density at radius 3 is 2.47 bits per heavy atom. The summed E-state index contributed by atoms with van der Waals surface area (Å²) < 4.78 is 3.54. The zero-order valence-electron chi connectivity index (χ0n) is 21.5. The van der Waals surface area contributed by atoms with Gasteiger partial charge < -0.3 is 4.90 Å². The van der Waals surface area contributed by atoms with Crippen LogP contribution in [0.25, 0.3) is 16.9 Å². The SMILES string of the molecule is O=C(Cn1cc(-c2cccc3nc(Cc4ccc(CCCN5CCCC5)cc4)nn23)cn1)c1ccccc1. The van der Waals surface area contributed by atoms with Crippen molar-refractivity contribution in [1.29, 1.82) is 0 Å². The highest BCUT2D eigenvalue weighted by Crippen LogP contribution is 2.21. The van der Waals surface area contributed by atoms with E-state index in [1.165, 1.54) is 50.0 Å². The van der Waals surface area contributed by atoms with Gasteiger partial charge in [-0.1, -0.05) is 60.7 Å². The maximum absolute atomic E-state index is 12.6. The Labute approximate surface area is 222 Å². The Morgan fingerprint density at radius 1 is 0.868 bits per heavy atom. The maximum Gasteiger partial charge on any atom is 0.184 e. The summed E-state index contributed by atoms with van der Waals surface area (Å²) in [7, 11) is 0. The number of pyridine rings is 1. The average Bonchev–Trinajstić information content (AvgIpc) is 3.71. The maximum atomic E-state index is 12.6. The highest BCUT2D eigenvalue weighted by Gasteiger charge is 2.13. The third kappa shape index (κ3) is 5.58. The molecular weight excluding hydrogens is 472 g/mol. The number of aryl methyl sites for hydroxylation is 1. The van der Waals surface area contributed by atoms with Gasteiger partial charge in [-0.05, 0) is 68.6 Å². The Balaban J connectivity index is 1.12. The number of carbonyl (C=O) groups is 1. The molecule has 2 aromatic carbocycles. The minimum absolute atomic E-state index is 0.0270. The summed E-state index contributed by atoms with van der Waals surface area (Å²) in [6.07, 6.45) is 9.39. The van der Waals surface area contributed by atoms with Crippen molar-refractivity contribution in [1.82, 2.24) is 29.3 Å². The molecule has 1 saturated heterocycles. The van der Waals surface area contributed by atoms with Crippen LogP contribution in [-0.2, 0) is 19.4 Å². The lowest BCUT2D eigenvalue weighted by molar-refractivity contribution is 0.0967. The van der Waals surface area contributed by atoms with Gasteiger partial charge in [-0.15, -0.1) is 0 Å². The summed E-state index contributed by atoms with van der Waals surface area (Å²) in [5.41, 5.74) is 5.87. The van der Waals surface area contributed by atoms with Crippen LogP contribution in [0.4, 0.5) is 0 Å². The first kappa shape index (κ1) is 24.2. The van der Waals surface area contributed by atoms with Gasteiger partial charge in [-0.25, -0.2) is 9.50 Å². The van der Waals surface area contributed by atoms with Gasteiger partial charge in [0.2, 0.25) is 0 Å². The number of likely N-dealkylation sites (tertiary alicyclic amines) is 1. The van der Waals surface area contributed by atoms with Crippen molar-refractivity contribution >= 4 is 11.4 Å². The first-order valence-corrected chi connectivity index (χ1v) is 13.5. The molecule has 1 aliphatic heterocycles. The average molecular weight is 505 g/mol. The molecule has 6 rings (SSSR count). The number of benzene rings is 2. The molecule has 0 atom stereocenters. The van der Waals surface area contributed by atoms with Crippen LogP contribution in [0.15, 0.2) is 85.2 Å². The summed E-state index contributed by atoms with van der Waals surface area (Å²) in [4.78, 5) is 19.9. The number of nitrogens with zero attached hydrogens (tertiary/aromatic N) is 6. The molecule has 0 unspecified atom stereocenters. The fraction of sp³-hybridized carbons (Fsp3) is 0.290. The van der Waals surface area contributed by atoms with Crippen LogP contribution in [-0.4, -0.2) is 54.7 Å². The van der Waals surface area contributed by atoms with Crippen LogP contribution < -0.4 is 0 Å². The highest BCUT2D eigenvalue weighted by molar-refractivity contribution is 5.95. The number of carbonyl (C=O) groups excluding carboxylic acids is 1. The van der Waals surface area contributed by atoms with Crippen LogP contribution in [0.1, 0.15) is 46.6 Å². The van der Waals surface area contributed by atoms with Crippen molar-refractivity contribution in [2.24, 2.45) is 0 Å². The van der Waals surface area contributed by atoms with E-state index >= 15 is 0 Å². The summed E-state index contributed by atoms with van der Waals surface area (Å²) in [5, 5.41) is 9.24. The molecule has 1 aliphatic rings. The highest BCUT2D eigenvalue weighted by atomic mass is 16.1. The number of aromatic nitrogens is 5. The Hall–Kier alpha value is -4.10. The monoisotopic (exact) mass is 504 g/mol. The second-order valence-electron chi connectivity index (χ2n) is 10.1. The Kier molecular flexibility index (Phi) is 7.09. The predicted molar refractivity (Wildman–Crippen MR) is 148 cm³/mol. The number of ketones is 1. The van der Waals surface area contributed by atoms with E-state index in [-0.39, 0.29) is 12.3 Å². The molecule has 0 aliphatic carbocycles. The van der Waals surface area contributed by atoms with Gasteiger partial charge in [0.05, 0.1) is 11.9 Å². The van der Waals surface area contributed by atoms with Gasteiger partial charge in [0.15, 0.2) is 17.3 Å². The number of rotatable bonds is 10. The Morgan fingerprint density at radius 2 is 1.66 bits per heavy atom.